The third-order valence-electron chi connectivity index (χ3n) is 3.03. The van der Waals surface area contributed by atoms with Gasteiger partial charge in [0.1, 0.15) is 11.1 Å². The fourth-order valence-electron chi connectivity index (χ4n) is 2.04. The van der Waals surface area contributed by atoms with Gasteiger partial charge in [0.05, 0.1) is 15.8 Å². The Balaban J connectivity index is 2.02. The van der Waals surface area contributed by atoms with E-state index in [-0.39, 0.29) is 6.10 Å². The quantitative estimate of drug-likeness (QED) is 0.885. The van der Waals surface area contributed by atoms with Gasteiger partial charge in [-0.05, 0) is 18.6 Å². The van der Waals surface area contributed by atoms with E-state index in [1.807, 2.05) is 18.2 Å². The number of nitrogens with two attached hydrogens (primary N) is 1. The Labute approximate surface area is 104 Å². The number of rotatable bonds is 2. The van der Waals surface area contributed by atoms with Crippen molar-refractivity contribution in [3.8, 4) is 0 Å². The maximum absolute atomic E-state index is 5.92. The molecule has 0 unspecified atom stereocenters. The van der Waals surface area contributed by atoms with Gasteiger partial charge in [-0.2, -0.15) is 0 Å². The number of nitrogens with zero attached hydrogens (tertiary/aromatic N) is 1. The van der Waals surface area contributed by atoms with Crippen LogP contribution in [0.25, 0.3) is 15.8 Å². The predicted octanol–water partition coefficient (Wildman–Crippen LogP) is 3.12. The van der Waals surface area contributed by atoms with Crippen LogP contribution in [0.2, 0.25) is 0 Å². The Morgan fingerprint density at radius 2 is 2.29 bits per heavy atom. The molecular weight excluding hydrogens is 232 g/mol. The molecule has 17 heavy (non-hydrogen) atoms. The lowest BCUT2D eigenvalue weighted by Gasteiger charge is -2.06. The molecule has 0 bridgehead atoms. The zero-order valence-corrected chi connectivity index (χ0v) is 10.5. The Bertz CT molecular complexity index is 555. The maximum Gasteiger partial charge on any atom is 0.190 e. The average molecular weight is 246 g/mol. The third kappa shape index (κ3) is 1.78. The van der Waals surface area contributed by atoms with E-state index in [9.17, 15) is 0 Å². The van der Waals surface area contributed by atoms with E-state index in [2.05, 4.69) is 18.0 Å². The summed E-state index contributed by atoms with van der Waals surface area (Å²) < 4.78 is 6.79. The van der Waals surface area contributed by atoms with Gasteiger partial charge >= 0.3 is 0 Å². The SMILES string of the molecule is CC[C@H]1CC(c2nc3ccccc3s2)=C(N)O1. The molecule has 2 heterocycles. The smallest absolute Gasteiger partial charge is 0.190 e. The van der Waals surface area contributed by atoms with Crippen LogP contribution < -0.4 is 5.73 Å². The minimum Gasteiger partial charge on any atom is -0.475 e. The van der Waals surface area contributed by atoms with Gasteiger partial charge in [0.2, 0.25) is 0 Å². The molecule has 3 nitrogen and oxygen atoms in total. The lowest BCUT2D eigenvalue weighted by atomic mass is 10.1. The monoisotopic (exact) mass is 246 g/mol. The molecule has 1 aromatic carbocycles. The van der Waals surface area contributed by atoms with E-state index < -0.39 is 0 Å². The Morgan fingerprint density at radius 1 is 1.47 bits per heavy atom. The predicted molar refractivity (Wildman–Crippen MR) is 70.5 cm³/mol. The van der Waals surface area contributed by atoms with E-state index in [0.717, 1.165) is 28.9 Å². The van der Waals surface area contributed by atoms with Crippen molar-refractivity contribution in [1.82, 2.24) is 4.98 Å². The molecule has 88 valence electrons. The van der Waals surface area contributed by atoms with Gasteiger partial charge < -0.3 is 10.5 Å². The summed E-state index contributed by atoms with van der Waals surface area (Å²) in [6, 6.07) is 8.14. The van der Waals surface area contributed by atoms with E-state index >= 15 is 0 Å². The fraction of sp³-hybridized carbons (Fsp3) is 0.308. The topological polar surface area (TPSA) is 48.1 Å². The molecule has 0 fully saturated rings. The summed E-state index contributed by atoms with van der Waals surface area (Å²) >= 11 is 1.68. The van der Waals surface area contributed by atoms with E-state index in [0.29, 0.717) is 5.88 Å². The van der Waals surface area contributed by atoms with Crippen LogP contribution >= 0.6 is 11.3 Å². The number of benzene rings is 1. The van der Waals surface area contributed by atoms with Crippen LogP contribution in [-0.4, -0.2) is 11.1 Å². The average Bonchev–Trinajstić information content (AvgIpc) is 2.91. The van der Waals surface area contributed by atoms with Gasteiger partial charge in [-0.3, -0.25) is 0 Å². The molecule has 4 heteroatoms. The summed E-state index contributed by atoms with van der Waals surface area (Å²) in [4.78, 5) is 4.61. The number of thiazole rings is 1. The third-order valence-corrected chi connectivity index (χ3v) is 4.13. The van der Waals surface area contributed by atoms with Crippen molar-refractivity contribution in [2.75, 3.05) is 0 Å². The first kappa shape index (κ1) is 10.6. The number of hydrogen-bond acceptors (Lipinski definition) is 4. The van der Waals surface area contributed by atoms with Gasteiger partial charge in [-0.1, -0.05) is 19.1 Å². The number of aromatic nitrogens is 1. The van der Waals surface area contributed by atoms with Crippen molar-refractivity contribution in [1.29, 1.82) is 0 Å². The first-order chi connectivity index (χ1) is 8.28. The molecule has 1 aliphatic rings. The molecule has 3 rings (SSSR count). The van der Waals surface area contributed by atoms with Crippen molar-refractivity contribution in [3.63, 3.8) is 0 Å². The number of hydrogen-bond donors (Lipinski definition) is 1. The van der Waals surface area contributed by atoms with Crippen LogP contribution in [0.3, 0.4) is 0 Å². The van der Waals surface area contributed by atoms with Crippen molar-refractivity contribution in [2.24, 2.45) is 5.73 Å². The van der Waals surface area contributed by atoms with E-state index in [4.69, 9.17) is 10.5 Å². The zero-order valence-electron chi connectivity index (χ0n) is 9.64. The zero-order chi connectivity index (χ0) is 11.8. The van der Waals surface area contributed by atoms with Crippen LogP contribution in [0.1, 0.15) is 24.8 Å². The number of para-hydroxylation sites is 1. The minimum absolute atomic E-state index is 0.219. The number of ether oxygens (including phenoxy) is 1. The molecule has 0 saturated heterocycles. The van der Waals surface area contributed by atoms with Crippen molar-refractivity contribution in [2.45, 2.75) is 25.9 Å². The molecule has 0 spiro atoms. The van der Waals surface area contributed by atoms with Crippen molar-refractivity contribution in [3.05, 3.63) is 35.2 Å². The molecular formula is C13H14N2OS. The summed E-state index contributed by atoms with van der Waals surface area (Å²) in [6.07, 6.45) is 2.08. The molecule has 0 aliphatic carbocycles. The van der Waals surface area contributed by atoms with Crippen LogP contribution in [-0.2, 0) is 4.74 Å². The van der Waals surface area contributed by atoms with Gasteiger partial charge in [0, 0.05) is 6.42 Å². The van der Waals surface area contributed by atoms with Crippen LogP contribution in [0.5, 0.6) is 0 Å². The van der Waals surface area contributed by atoms with E-state index in [1.54, 1.807) is 11.3 Å². The highest BCUT2D eigenvalue weighted by molar-refractivity contribution is 7.19. The second-order valence-corrected chi connectivity index (χ2v) is 5.21. The normalized spacial score (nSPS) is 19.9. The first-order valence-electron chi connectivity index (χ1n) is 5.79. The van der Waals surface area contributed by atoms with Crippen LogP contribution in [0.15, 0.2) is 30.1 Å². The Kier molecular flexibility index (Phi) is 2.52. The van der Waals surface area contributed by atoms with Gasteiger partial charge in [-0.15, -0.1) is 11.3 Å². The fourth-order valence-corrected chi connectivity index (χ4v) is 3.07. The highest BCUT2D eigenvalue weighted by Gasteiger charge is 2.25. The van der Waals surface area contributed by atoms with Crippen molar-refractivity contribution >= 4 is 27.1 Å². The Morgan fingerprint density at radius 3 is 3.00 bits per heavy atom. The molecule has 0 radical (unpaired) electrons. The lowest BCUT2D eigenvalue weighted by Crippen LogP contribution is -2.06. The second-order valence-electron chi connectivity index (χ2n) is 4.18. The number of fused-ring (bicyclic) bond motifs is 1. The summed E-state index contributed by atoms with van der Waals surface area (Å²) in [5, 5.41) is 1.000. The molecule has 1 aliphatic heterocycles. The molecule has 1 atom stereocenters. The summed E-state index contributed by atoms with van der Waals surface area (Å²) in [5.41, 5.74) is 8.03. The summed E-state index contributed by atoms with van der Waals surface area (Å²) in [7, 11) is 0. The van der Waals surface area contributed by atoms with Crippen LogP contribution in [0.4, 0.5) is 0 Å². The first-order valence-corrected chi connectivity index (χ1v) is 6.60. The highest BCUT2D eigenvalue weighted by atomic mass is 32.1. The highest BCUT2D eigenvalue weighted by Crippen LogP contribution is 2.35. The summed E-state index contributed by atoms with van der Waals surface area (Å²) in [5.74, 6) is 0.552. The molecule has 1 aromatic heterocycles. The molecule has 0 saturated carbocycles. The maximum atomic E-state index is 5.92. The molecule has 0 amide bonds. The largest absolute Gasteiger partial charge is 0.475 e. The van der Waals surface area contributed by atoms with Gasteiger partial charge in [0.25, 0.3) is 0 Å². The van der Waals surface area contributed by atoms with Crippen molar-refractivity contribution < 1.29 is 4.74 Å². The minimum atomic E-state index is 0.219. The Hall–Kier alpha value is -1.55. The standard InChI is InChI=1S/C13H14N2OS/c1-2-8-7-9(12(14)16-8)13-15-10-5-3-4-6-11(10)17-13/h3-6,8H,2,7,14H2,1H3/t8-/m0/s1. The van der Waals surface area contributed by atoms with E-state index in [1.165, 1.54) is 4.70 Å². The second kappa shape index (κ2) is 4.04. The summed E-state index contributed by atoms with van der Waals surface area (Å²) in [6.45, 7) is 2.11. The molecule has 2 N–H and O–H groups in total. The van der Waals surface area contributed by atoms with Crippen LogP contribution in [0, 0.1) is 0 Å². The lowest BCUT2D eigenvalue weighted by molar-refractivity contribution is 0.138. The molecule has 2 aromatic rings. The van der Waals surface area contributed by atoms with Gasteiger partial charge in [0.15, 0.2) is 5.88 Å². The van der Waals surface area contributed by atoms with Gasteiger partial charge in [-0.25, -0.2) is 4.98 Å².